The molecule has 0 atom stereocenters. The number of rotatable bonds is 5. The van der Waals surface area contributed by atoms with Crippen LogP contribution in [-0.4, -0.2) is 9.97 Å². The van der Waals surface area contributed by atoms with Crippen LogP contribution in [0, 0.1) is 13.8 Å². The van der Waals surface area contributed by atoms with Gasteiger partial charge in [0.05, 0.1) is 0 Å². The van der Waals surface area contributed by atoms with Crippen LogP contribution in [-0.2, 0) is 6.54 Å². The maximum Gasteiger partial charge on any atom is 0.225 e. The zero-order valence-corrected chi connectivity index (χ0v) is 15.3. The number of hydrogen-bond donors (Lipinski definition) is 2. The Morgan fingerprint density at radius 3 is 2.50 bits per heavy atom. The summed E-state index contributed by atoms with van der Waals surface area (Å²) in [6.07, 6.45) is 0. The molecule has 24 heavy (non-hydrogen) atoms. The van der Waals surface area contributed by atoms with Crippen molar-refractivity contribution in [3.05, 3.63) is 75.9 Å². The van der Waals surface area contributed by atoms with Crippen LogP contribution in [0.15, 0.2) is 59.1 Å². The largest absolute Gasteiger partial charge is 0.350 e. The molecule has 0 saturated carbocycles. The minimum atomic E-state index is 0.621. The maximum absolute atomic E-state index is 4.55. The Kier molecular flexibility index (Phi) is 5.11. The third kappa shape index (κ3) is 4.32. The number of nitrogens with one attached hydrogen (secondary N) is 2. The summed E-state index contributed by atoms with van der Waals surface area (Å²) in [5.74, 6) is 1.40. The number of benzene rings is 2. The van der Waals surface area contributed by atoms with E-state index in [0.29, 0.717) is 12.5 Å². The van der Waals surface area contributed by atoms with Crippen molar-refractivity contribution in [2.24, 2.45) is 0 Å². The van der Waals surface area contributed by atoms with Gasteiger partial charge in [0, 0.05) is 28.5 Å². The molecule has 5 heteroatoms. The van der Waals surface area contributed by atoms with Gasteiger partial charge in [-0.3, -0.25) is 0 Å². The highest BCUT2D eigenvalue weighted by atomic mass is 79.9. The summed E-state index contributed by atoms with van der Waals surface area (Å²) in [5, 5.41) is 6.62. The molecule has 0 aliphatic carbocycles. The summed E-state index contributed by atoms with van der Waals surface area (Å²) in [7, 11) is 0. The molecule has 1 heterocycles. The van der Waals surface area contributed by atoms with E-state index in [4.69, 9.17) is 0 Å². The van der Waals surface area contributed by atoms with Crippen LogP contribution in [0.1, 0.15) is 16.8 Å². The van der Waals surface area contributed by atoms with E-state index in [-0.39, 0.29) is 0 Å². The third-order valence-electron chi connectivity index (χ3n) is 3.58. The van der Waals surface area contributed by atoms with Gasteiger partial charge in [0.25, 0.3) is 0 Å². The molecule has 0 radical (unpaired) electrons. The van der Waals surface area contributed by atoms with E-state index < -0.39 is 0 Å². The number of nitrogens with zero attached hydrogens (tertiary/aromatic N) is 2. The minimum absolute atomic E-state index is 0.621. The van der Waals surface area contributed by atoms with Crippen molar-refractivity contribution in [2.75, 3.05) is 10.6 Å². The van der Waals surface area contributed by atoms with Gasteiger partial charge in [-0.15, -0.1) is 0 Å². The van der Waals surface area contributed by atoms with E-state index >= 15 is 0 Å². The zero-order chi connectivity index (χ0) is 16.9. The summed E-state index contributed by atoms with van der Waals surface area (Å²) < 4.78 is 1.09. The SMILES string of the molecule is Cc1cc(Nc2ccc(Br)c(C)c2)nc(NCc2ccccc2)n1. The van der Waals surface area contributed by atoms with E-state index in [1.165, 1.54) is 11.1 Å². The Hall–Kier alpha value is -2.40. The molecule has 0 amide bonds. The van der Waals surface area contributed by atoms with Crippen LogP contribution >= 0.6 is 15.9 Å². The van der Waals surface area contributed by atoms with Crippen molar-refractivity contribution < 1.29 is 0 Å². The lowest BCUT2D eigenvalue weighted by Gasteiger charge is -2.11. The van der Waals surface area contributed by atoms with Gasteiger partial charge >= 0.3 is 0 Å². The highest BCUT2D eigenvalue weighted by molar-refractivity contribution is 9.10. The molecule has 122 valence electrons. The summed E-state index contributed by atoms with van der Waals surface area (Å²) in [4.78, 5) is 9.00. The van der Waals surface area contributed by atoms with Crippen LogP contribution in [0.2, 0.25) is 0 Å². The molecular weight excluding hydrogens is 364 g/mol. The fraction of sp³-hybridized carbons (Fsp3) is 0.158. The van der Waals surface area contributed by atoms with Crippen LogP contribution < -0.4 is 10.6 Å². The van der Waals surface area contributed by atoms with E-state index in [9.17, 15) is 0 Å². The molecule has 1 aromatic heterocycles. The molecule has 0 bridgehead atoms. The van der Waals surface area contributed by atoms with Gasteiger partial charge in [-0.05, 0) is 43.2 Å². The van der Waals surface area contributed by atoms with E-state index in [1.807, 2.05) is 43.3 Å². The predicted molar refractivity (Wildman–Crippen MR) is 103 cm³/mol. The standard InChI is InChI=1S/C19H19BrN4/c1-13-10-16(8-9-17(13)20)23-18-11-14(2)22-19(24-18)21-12-15-6-4-3-5-7-15/h3-11H,12H2,1-2H3,(H2,21,22,23,24). The molecule has 0 saturated heterocycles. The molecular formula is C19H19BrN4. The molecule has 2 aromatic carbocycles. The maximum atomic E-state index is 4.55. The van der Waals surface area contributed by atoms with Crippen LogP contribution in [0.3, 0.4) is 0 Å². The Morgan fingerprint density at radius 2 is 1.75 bits per heavy atom. The van der Waals surface area contributed by atoms with Crippen molar-refractivity contribution in [1.82, 2.24) is 9.97 Å². The zero-order valence-electron chi connectivity index (χ0n) is 13.7. The molecule has 0 spiro atoms. The van der Waals surface area contributed by atoms with Crippen molar-refractivity contribution in [2.45, 2.75) is 20.4 Å². The Labute approximate surface area is 150 Å². The first-order valence-corrected chi connectivity index (χ1v) is 8.56. The topological polar surface area (TPSA) is 49.8 Å². The minimum Gasteiger partial charge on any atom is -0.350 e. The Morgan fingerprint density at radius 1 is 0.958 bits per heavy atom. The van der Waals surface area contributed by atoms with E-state index in [2.05, 4.69) is 61.7 Å². The number of aromatic nitrogens is 2. The van der Waals surface area contributed by atoms with Gasteiger partial charge in [-0.2, -0.15) is 4.98 Å². The lowest BCUT2D eigenvalue weighted by Crippen LogP contribution is -2.06. The average Bonchev–Trinajstić information content (AvgIpc) is 2.57. The summed E-state index contributed by atoms with van der Waals surface area (Å²) in [6.45, 7) is 4.72. The Balaban J connectivity index is 1.74. The fourth-order valence-electron chi connectivity index (χ4n) is 2.36. The molecule has 0 aliphatic heterocycles. The van der Waals surface area contributed by atoms with Gasteiger partial charge in [-0.1, -0.05) is 46.3 Å². The molecule has 2 N–H and O–H groups in total. The molecule has 0 aliphatic rings. The van der Waals surface area contributed by atoms with E-state index in [1.54, 1.807) is 0 Å². The fourth-order valence-corrected chi connectivity index (χ4v) is 2.61. The third-order valence-corrected chi connectivity index (χ3v) is 4.47. The number of anilines is 3. The van der Waals surface area contributed by atoms with Crippen molar-refractivity contribution in [1.29, 1.82) is 0 Å². The van der Waals surface area contributed by atoms with Crippen LogP contribution in [0.4, 0.5) is 17.5 Å². The lowest BCUT2D eigenvalue weighted by atomic mass is 10.2. The van der Waals surface area contributed by atoms with Crippen molar-refractivity contribution >= 4 is 33.4 Å². The second-order valence-electron chi connectivity index (χ2n) is 5.65. The highest BCUT2D eigenvalue weighted by Crippen LogP contribution is 2.23. The number of hydrogen-bond acceptors (Lipinski definition) is 4. The molecule has 4 nitrogen and oxygen atoms in total. The monoisotopic (exact) mass is 382 g/mol. The van der Waals surface area contributed by atoms with Crippen LogP contribution in [0.5, 0.6) is 0 Å². The molecule has 0 unspecified atom stereocenters. The van der Waals surface area contributed by atoms with Crippen molar-refractivity contribution in [3.63, 3.8) is 0 Å². The normalized spacial score (nSPS) is 10.5. The van der Waals surface area contributed by atoms with Crippen LogP contribution in [0.25, 0.3) is 0 Å². The Bertz CT molecular complexity index is 834. The van der Waals surface area contributed by atoms with Gasteiger partial charge in [0.2, 0.25) is 5.95 Å². The van der Waals surface area contributed by atoms with Gasteiger partial charge < -0.3 is 10.6 Å². The summed E-state index contributed by atoms with van der Waals surface area (Å²) >= 11 is 3.52. The molecule has 0 fully saturated rings. The highest BCUT2D eigenvalue weighted by Gasteiger charge is 2.04. The van der Waals surface area contributed by atoms with Gasteiger partial charge in [0.15, 0.2) is 0 Å². The van der Waals surface area contributed by atoms with E-state index in [0.717, 1.165) is 21.7 Å². The molecule has 3 aromatic rings. The van der Waals surface area contributed by atoms with Gasteiger partial charge in [0.1, 0.15) is 5.82 Å². The predicted octanol–water partition coefficient (Wildman–Crippen LogP) is 5.21. The lowest BCUT2D eigenvalue weighted by molar-refractivity contribution is 1.03. The summed E-state index contributed by atoms with van der Waals surface area (Å²) in [5.41, 5.74) is 4.29. The first kappa shape index (κ1) is 16.5. The van der Waals surface area contributed by atoms with Gasteiger partial charge in [-0.25, -0.2) is 4.98 Å². The number of aryl methyl sites for hydroxylation is 2. The smallest absolute Gasteiger partial charge is 0.225 e. The summed E-state index contributed by atoms with van der Waals surface area (Å²) in [6, 6.07) is 18.3. The first-order chi connectivity index (χ1) is 11.6. The average molecular weight is 383 g/mol. The van der Waals surface area contributed by atoms with Crippen molar-refractivity contribution in [3.8, 4) is 0 Å². The number of halogens is 1. The quantitative estimate of drug-likeness (QED) is 0.635. The second-order valence-corrected chi connectivity index (χ2v) is 6.50. The first-order valence-electron chi connectivity index (χ1n) is 7.77. The second kappa shape index (κ2) is 7.45. The molecule has 3 rings (SSSR count).